The van der Waals surface area contributed by atoms with Crippen molar-refractivity contribution in [3.05, 3.63) is 35.9 Å². The second-order valence-corrected chi connectivity index (χ2v) is 6.03. The minimum absolute atomic E-state index is 0.0190. The number of rotatable bonds is 6. The number of ether oxygens (including phenoxy) is 1. The Morgan fingerprint density at radius 1 is 1.33 bits per heavy atom. The third kappa shape index (κ3) is 4.04. The van der Waals surface area contributed by atoms with E-state index < -0.39 is 0 Å². The molecule has 1 aromatic carbocycles. The highest BCUT2D eigenvalue weighted by molar-refractivity contribution is 5.20. The molecule has 1 saturated heterocycles. The molecule has 1 aliphatic heterocycles. The quantitative estimate of drug-likeness (QED) is 0.841. The molecular formula is C17H24N2O2. The van der Waals surface area contributed by atoms with Gasteiger partial charge in [-0.3, -0.25) is 0 Å². The smallest absolute Gasteiger partial charge is 0.101 e. The van der Waals surface area contributed by atoms with E-state index in [-0.39, 0.29) is 24.0 Å². The molecule has 0 aliphatic carbocycles. The molecule has 0 spiro atoms. The van der Waals surface area contributed by atoms with E-state index in [0.717, 1.165) is 31.6 Å². The SMILES string of the molecule is CC1(C(C#N)NCC(CO)c2ccccc2)CCOCC1. The molecule has 4 heteroatoms. The molecule has 4 nitrogen and oxygen atoms in total. The minimum atomic E-state index is -0.209. The molecule has 0 radical (unpaired) electrons. The van der Waals surface area contributed by atoms with Gasteiger partial charge in [0.25, 0.3) is 0 Å². The number of nitriles is 1. The topological polar surface area (TPSA) is 65.3 Å². The third-order valence-corrected chi connectivity index (χ3v) is 4.52. The lowest BCUT2D eigenvalue weighted by Gasteiger charge is -2.38. The molecule has 21 heavy (non-hydrogen) atoms. The Morgan fingerprint density at radius 3 is 2.57 bits per heavy atom. The Kier molecular flexibility index (Phi) is 5.75. The average Bonchev–Trinajstić information content (AvgIpc) is 2.53. The number of hydrogen-bond acceptors (Lipinski definition) is 4. The van der Waals surface area contributed by atoms with E-state index in [9.17, 15) is 10.4 Å². The Hall–Kier alpha value is -1.41. The summed E-state index contributed by atoms with van der Waals surface area (Å²) in [4.78, 5) is 0. The van der Waals surface area contributed by atoms with Crippen molar-refractivity contribution in [3.63, 3.8) is 0 Å². The highest BCUT2D eigenvalue weighted by Crippen LogP contribution is 2.33. The fourth-order valence-electron chi connectivity index (χ4n) is 2.85. The first-order valence-corrected chi connectivity index (χ1v) is 7.56. The molecule has 1 aromatic rings. The fraction of sp³-hybridized carbons (Fsp3) is 0.588. The van der Waals surface area contributed by atoms with E-state index >= 15 is 0 Å². The molecule has 2 atom stereocenters. The van der Waals surface area contributed by atoms with Crippen LogP contribution in [0.4, 0.5) is 0 Å². The lowest BCUT2D eigenvalue weighted by atomic mass is 9.76. The fourth-order valence-corrected chi connectivity index (χ4v) is 2.85. The van der Waals surface area contributed by atoms with Crippen molar-refractivity contribution in [2.75, 3.05) is 26.4 Å². The van der Waals surface area contributed by atoms with E-state index in [1.807, 2.05) is 30.3 Å². The minimum Gasteiger partial charge on any atom is -0.396 e. The number of benzene rings is 1. The number of aliphatic hydroxyl groups is 1. The van der Waals surface area contributed by atoms with Crippen LogP contribution in [-0.4, -0.2) is 37.5 Å². The molecule has 0 aromatic heterocycles. The summed E-state index contributed by atoms with van der Waals surface area (Å²) in [7, 11) is 0. The van der Waals surface area contributed by atoms with Crippen molar-refractivity contribution in [3.8, 4) is 6.07 Å². The summed E-state index contributed by atoms with van der Waals surface area (Å²) >= 11 is 0. The van der Waals surface area contributed by atoms with Crippen LogP contribution < -0.4 is 5.32 Å². The lowest BCUT2D eigenvalue weighted by molar-refractivity contribution is 0.0131. The first-order valence-electron chi connectivity index (χ1n) is 7.56. The lowest BCUT2D eigenvalue weighted by Crippen LogP contribution is -2.47. The van der Waals surface area contributed by atoms with Gasteiger partial charge in [-0.05, 0) is 18.4 Å². The van der Waals surface area contributed by atoms with Crippen molar-refractivity contribution in [2.45, 2.75) is 31.7 Å². The van der Waals surface area contributed by atoms with E-state index in [2.05, 4.69) is 18.3 Å². The van der Waals surface area contributed by atoms with E-state index in [4.69, 9.17) is 4.74 Å². The van der Waals surface area contributed by atoms with Crippen LogP contribution in [0.5, 0.6) is 0 Å². The Labute approximate surface area is 126 Å². The van der Waals surface area contributed by atoms with Gasteiger partial charge in [0, 0.05) is 31.1 Å². The van der Waals surface area contributed by atoms with E-state index in [0.29, 0.717) is 6.54 Å². The highest BCUT2D eigenvalue weighted by atomic mass is 16.5. The Bertz CT molecular complexity index is 463. The maximum atomic E-state index is 9.60. The van der Waals surface area contributed by atoms with Crippen molar-refractivity contribution in [1.82, 2.24) is 5.32 Å². The van der Waals surface area contributed by atoms with Gasteiger partial charge in [0.05, 0.1) is 12.7 Å². The summed E-state index contributed by atoms with van der Waals surface area (Å²) in [6.07, 6.45) is 1.79. The van der Waals surface area contributed by atoms with Crippen LogP contribution in [0.15, 0.2) is 30.3 Å². The van der Waals surface area contributed by atoms with Gasteiger partial charge in [0.2, 0.25) is 0 Å². The number of hydrogen-bond donors (Lipinski definition) is 2. The largest absolute Gasteiger partial charge is 0.396 e. The standard InChI is InChI=1S/C17H24N2O2/c1-17(7-9-21-10-8-17)16(11-18)19-12-15(13-20)14-5-3-2-4-6-14/h2-6,15-16,19-20H,7-10,12-13H2,1H3. The zero-order chi connectivity index (χ0) is 15.1. The van der Waals surface area contributed by atoms with Gasteiger partial charge in [-0.1, -0.05) is 37.3 Å². The first kappa shape index (κ1) is 16.0. The zero-order valence-electron chi connectivity index (χ0n) is 12.6. The van der Waals surface area contributed by atoms with E-state index in [1.165, 1.54) is 0 Å². The van der Waals surface area contributed by atoms with Crippen molar-refractivity contribution in [1.29, 1.82) is 5.26 Å². The molecule has 2 rings (SSSR count). The second-order valence-electron chi connectivity index (χ2n) is 6.03. The molecular weight excluding hydrogens is 264 g/mol. The normalized spacial score (nSPS) is 20.4. The monoisotopic (exact) mass is 288 g/mol. The van der Waals surface area contributed by atoms with Crippen LogP contribution in [-0.2, 0) is 4.74 Å². The first-order chi connectivity index (χ1) is 10.2. The van der Waals surface area contributed by atoms with Gasteiger partial charge >= 0.3 is 0 Å². The summed E-state index contributed by atoms with van der Waals surface area (Å²) in [5, 5.41) is 22.4. The number of nitrogens with zero attached hydrogens (tertiary/aromatic N) is 1. The highest BCUT2D eigenvalue weighted by Gasteiger charge is 2.36. The number of aliphatic hydroxyl groups excluding tert-OH is 1. The summed E-state index contributed by atoms with van der Waals surface area (Å²) in [5.74, 6) is 0.0190. The van der Waals surface area contributed by atoms with Crippen LogP contribution in [0.1, 0.15) is 31.2 Å². The molecule has 2 unspecified atom stereocenters. The van der Waals surface area contributed by atoms with Gasteiger partial charge in [-0.25, -0.2) is 0 Å². The van der Waals surface area contributed by atoms with Crippen molar-refractivity contribution in [2.24, 2.45) is 5.41 Å². The molecule has 1 fully saturated rings. The van der Waals surface area contributed by atoms with Gasteiger partial charge in [-0.2, -0.15) is 5.26 Å². The second kappa shape index (κ2) is 7.56. The maximum Gasteiger partial charge on any atom is 0.101 e. The van der Waals surface area contributed by atoms with Crippen molar-refractivity contribution >= 4 is 0 Å². The molecule has 0 amide bonds. The zero-order valence-corrected chi connectivity index (χ0v) is 12.6. The molecule has 2 N–H and O–H groups in total. The van der Waals surface area contributed by atoms with Gasteiger partial charge < -0.3 is 15.2 Å². The summed E-state index contributed by atoms with van der Waals surface area (Å²) < 4.78 is 5.40. The van der Waals surface area contributed by atoms with Crippen LogP contribution in [0.3, 0.4) is 0 Å². The predicted molar refractivity (Wildman–Crippen MR) is 81.8 cm³/mol. The molecule has 114 valence electrons. The van der Waals surface area contributed by atoms with Gasteiger partial charge in [-0.15, -0.1) is 0 Å². The van der Waals surface area contributed by atoms with Gasteiger partial charge in [0.15, 0.2) is 0 Å². The van der Waals surface area contributed by atoms with E-state index in [1.54, 1.807) is 0 Å². The number of nitrogens with one attached hydrogen (secondary N) is 1. The van der Waals surface area contributed by atoms with Crippen molar-refractivity contribution < 1.29 is 9.84 Å². The van der Waals surface area contributed by atoms with Crippen LogP contribution in [0, 0.1) is 16.7 Å². The molecule has 0 saturated carbocycles. The van der Waals surface area contributed by atoms with Crippen LogP contribution in [0.2, 0.25) is 0 Å². The Balaban J connectivity index is 1.97. The molecule has 1 aliphatic rings. The predicted octanol–water partition coefficient (Wildman–Crippen LogP) is 2.06. The summed E-state index contributed by atoms with van der Waals surface area (Å²) in [5.41, 5.74) is 1.05. The molecule has 1 heterocycles. The average molecular weight is 288 g/mol. The third-order valence-electron chi connectivity index (χ3n) is 4.52. The summed E-state index contributed by atoms with van der Waals surface area (Å²) in [6, 6.07) is 12.1. The summed E-state index contributed by atoms with van der Waals surface area (Å²) in [6.45, 7) is 4.27. The maximum absolute atomic E-state index is 9.60. The molecule has 0 bridgehead atoms. The Morgan fingerprint density at radius 2 is 2.00 bits per heavy atom. The van der Waals surface area contributed by atoms with Crippen LogP contribution >= 0.6 is 0 Å². The van der Waals surface area contributed by atoms with Gasteiger partial charge in [0.1, 0.15) is 6.04 Å². The van der Waals surface area contributed by atoms with Crippen LogP contribution in [0.25, 0.3) is 0 Å².